The Morgan fingerprint density at radius 3 is 2.67 bits per heavy atom. The van der Waals surface area contributed by atoms with Crippen molar-refractivity contribution in [2.24, 2.45) is 0 Å². The average molecular weight is 263 g/mol. The van der Waals surface area contributed by atoms with Gasteiger partial charge in [-0.1, -0.05) is 17.7 Å². The molecule has 0 aliphatic rings. The Balaban J connectivity index is 2.18. The van der Waals surface area contributed by atoms with E-state index < -0.39 is 5.97 Å². The second-order valence-corrected chi connectivity index (χ2v) is 4.23. The quantitative estimate of drug-likeness (QED) is 0.889. The summed E-state index contributed by atoms with van der Waals surface area (Å²) in [7, 11) is 0. The van der Waals surface area contributed by atoms with Gasteiger partial charge in [-0.05, 0) is 36.8 Å². The fraction of sp³-hybridized carbons (Fsp3) is 0.0769. The first-order valence-electron chi connectivity index (χ1n) is 5.29. The van der Waals surface area contributed by atoms with E-state index >= 15 is 0 Å². The first-order valence-corrected chi connectivity index (χ1v) is 5.66. The van der Waals surface area contributed by atoms with Crippen molar-refractivity contribution in [3.05, 3.63) is 52.7 Å². The third-order valence-corrected chi connectivity index (χ3v) is 2.86. The lowest BCUT2D eigenvalue weighted by molar-refractivity contribution is 0.0696. The zero-order valence-electron chi connectivity index (χ0n) is 9.64. The van der Waals surface area contributed by atoms with Crippen molar-refractivity contribution in [2.75, 3.05) is 5.32 Å². The molecule has 0 fully saturated rings. The lowest BCUT2D eigenvalue weighted by atomic mass is 10.2. The number of anilines is 2. The lowest BCUT2D eigenvalue weighted by Crippen LogP contribution is -1.99. The van der Waals surface area contributed by atoms with Gasteiger partial charge in [-0.25, -0.2) is 9.78 Å². The Hall–Kier alpha value is -2.07. The molecule has 2 rings (SSSR count). The Morgan fingerprint density at radius 1 is 1.33 bits per heavy atom. The highest BCUT2D eigenvalue weighted by Gasteiger charge is 2.03. The number of nitrogens with one attached hydrogen (secondary N) is 1. The van der Waals surface area contributed by atoms with Crippen LogP contribution in [0.2, 0.25) is 5.02 Å². The Morgan fingerprint density at radius 2 is 2.11 bits per heavy atom. The van der Waals surface area contributed by atoms with Crippen LogP contribution in [0.5, 0.6) is 0 Å². The molecule has 5 heteroatoms. The van der Waals surface area contributed by atoms with Crippen LogP contribution in [0.3, 0.4) is 0 Å². The zero-order valence-corrected chi connectivity index (χ0v) is 10.4. The molecule has 0 unspecified atom stereocenters. The molecule has 0 amide bonds. The van der Waals surface area contributed by atoms with Crippen molar-refractivity contribution in [2.45, 2.75) is 6.92 Å². The number of aryl methyl sites for hydroxylation is 1. The lowest BCUT2D eigenvalue weighted by Gasteiger charge is -2.07. The molecule has 0 bridgehead atoms. The van der Waals surface area contributed by atoms with E-state index in [2.05, 4.69) is 10.3 Å². The first kappa shape index (κ1) is 12.4. The molecule has 2 aromatic rings. The minimum atomic E-state index is -0.993. The second-order valence-electron chi connectivity index (χ2n) is 3.83. The maximum Gasteiger partial charge on any atom is 0.337 e. The van der Waals surface area contributed by atoms with Crippen LogP contribution >= 0.6 is 11.6 Å². The van der Waals surface area contributed by atoms with Crippen LogP contribution < -0.4 is 5.32 Å². The summed E-state index contributed by atoms with van der Waals surface area (Å²) in [6, 6.07) is 8.68. The highest BCUT2D eigenvalue weighted by molar-refractivity contribution is 6.31. The van der Waals surface area contributed by atoms with Gasteiger partial charge in [0.1, 0.15) is 5.82 Å². The van der Waals surface area contributed by atoms with Gasteiger partial charge in [-0.3, -0.25) is 0 Å². The summed E-state index contributed by atoms with van der Waals surface area (Å²) in [6.07, 6.45) is 1.31. The molecule has 0 radical (unpaired) electrons. The van der Waals surface area contributed by atoms with Gasteiger partial charge >= 0.3 is 5.97 Å². The Kier molecular flexibility index (Phi) is 3.48. The summed E-state index contributed by atoms with van der Waals surface area (Å²) in [5, 5.41) is 12.5. The molecule has 4 nitrogen and oxygen atoms in total. The van der Waals surface area contributed by atoms with Crippen LogP contribution in [0.1, 0.15) is 15.9 Å². The minimum absolute atomic E-state index is 0.155. The van der Waals surface area contributed by atoms with Crippen LogP contribution in [0.25, 0.3) is 0 Å². The maximum atomic E-state index is 10.7. The maximum absolute atomic E-state index is 10.7. The van der Waals surface area contributed by atoms with E-state index in [9.17, 15) is 4.79 Å². The molecule has 92 valence electrons. The van der Waals surface area contributed by atoms with Gasteiger partial charge in [0.15, 0.2) is 0 Å². The van der Waals surface area contributed by atoms with Gasteiger partial charge in [0, 0.05) is 16.9 Å². The fourth-order valence-electron chi connectivity index (χ4n) is 1.41. The average Bonchev–Trinajstić information content (AvgIpc) is 2.34. The summed E-state index contributed by atoms with van der Waals surface area (Å²) >= 11 is 6.01. The summed E-state index contributed by atoms with van der Waals surface area (Å²) in [5.41, 5.74) is 1.96. The summed E-state index contributed by atoms with van der Waals surface area (Å²) in [4.78, 5) is 14.7. The number of halogens is 1. The molecule has 1 aromatic carbocycles. The van der Waals surface area contributed by atoms with E-state index in [1.54, 1.807) is 12.1 Å². The molecule has 0 spiro atoms. The van der Waals surface area contributed by atoms with Crippen LogP contribution in [0.4, 0.5) is 11.5 Å². The van der Waals surface area contributed by atoms with Crippen molar-refractivity contribution in [3.8, 4) is 0 Å². The molecule has 0 aliphatic carbocycles. The van der Waals surface area contributed by atoms with Crippen LogP contribution in [0.15, 0.2) is 36.5 Å². The van der Waals surface area contributed by atoms with Gasteiger partial charge in [0.2, 0.25) is 0 Å². The Labute approximate surface area is 109 Å². The first-order chi connectivity index (χ1) is 8.56. The second kappa shape index (κ2) is 5.06. The zero-order chi connectivity index (χ0) is 13.1. The standard InChI is InChI=1S/C13H11ClN2O2/c1-8-2-4-10(6-11(8)14)16-12-5-3-9(7-15-12)13(17)18/h2-7H,1H3,(H,15,16)(H,17,18). The molecule has 0 saturated carbocycles. The monoisotopic (exact) mass is 262 g/mol. The number of hydrogen-bond donors (Lipinski definition) is 2. The number of aromatic carboxylic acids is 1. The molecule has 1 heterocycles. The number of carbonyl (C=O) groups is 1. The summed E-state index contributed by atoms with van der Waals surface area (Å²) < 4.78 is 0. The van der Waals surface area contributed by atoms with Crippen molar-refractivity contribution in [1.82, 2.24) is 4.98 Å². The summed E-state index contributed by atoms with van der Waals surface area (Å²) in [5.74, 6) is -0.424. The molecule has 18 heavy (non-hydrogen) atoms. The number of hydrogen-bond acceptors (Lipinski definition) is 3. The minimum Gasteiger partial charge on any atom is -0.478 e. The number of benzene rings is 1. The summed E-state index contributed by atoms with van der Waals surface area (Å²) in [6.45, 7) is 1.92. The molecule has 0 atom stereocenters. The van der Waals surface area contributed by atoms with E-state index in [1.807, 2.05) is 19.1 Å². The van der Waals surface area contributed by atoms with Gasteiger partial charge < -0.3 is 10.4 Å². The predicted octanol–water partition coefficient (Wildman–Crippen LogP) is 3.49. The highest BCUT2D eigenvalue weighted by atomic mass is 35.5. The molecule has 2 N–H and O–H groups in total. The van der Waals surface area contributed by atoms with Crippen LogP contribution in [-0.2, 0) is 0 Å². The van der Waals surface area contributed by atoms with E-state index in [4.69, 9.17) is 16.7 Å². The van der Waals surface area contributed by atoms with Crippen molar-refractivity contribution < 1.29 is 9.90 Å². The smallest absolute Gasteiger partial charge is 0.337 e. The number of nitrogens with zero attached hydrogens (tertiary/aromatic N) is 1. The topological polar surface area (TPSA) is 62.2 Å². The number of pyridine rings is 1. The van der Waals surface area contributed by atoms with Crippen molar-refractivity contribution in [3.63, 3.8) is 0 Å². The van der Waals surface area contributed by atoms with E-state index in [-0.39, 0.29) is 5.56 Å². The molecular weight excluding hydrogens is 252 g/mol. The van der Waals surface area contributed by atoms with E-state index in [0.717, 1.165) is 11.3 Å². The van der Waals surface area contributed by atoms with Gasteiger partial charge in [-0.15, -0.1) is 0 Å². The third-order valence-electron chi connectivity index (χ3n) is 2.45. The third kappa shape index (κ3) is 2.78. The number of aromatic nitrogens is 1. The van der Waals surface area contributed by atoms with Gasteiger partial charge in [0.05, 0.1) is 5.56 Å². The molecule has 1 aromatic heterocycles. The SMILES string of the molecule is Cc1ccc(Nc2ccc(C(=O)O)cn2)cc1Cl. The molecular formula is C13H11ClN2O2. The fourth-order valence-corrected chi connectivity index (χ4v) is 1.59. The van der Waals surface area contributed by atoms with Crippen LogP contribution in [0, 0.1) is 6.92 Å². The number of carboxylic acid groups (broad SMARTS) is 1. The number of rotatable bonds is 3. The van der Waals surface area contributed by atoms with Gasteiger partial charge in [-0.2, -0.15) is 0 Å². The Bertz CT molecular complexity index is 582. The highest BCUT2D eigenvalue weighted by Crippen LogP contribution is 2.22. The van der Waals surface area contributed by atoms with E-state index in [0.29, 0.717) is 10.8 Å². The number of carboxylic acids is 1. The molecule has 0 saturated heterocycles. The van der Waals surface area contributed by atoms with Crippen molar-refractivity contribution >= 4 is 29.1 Å². The van der Waals surface area contributed by atoms with Crippen LogP contribution in [-0.4, -0.2) is 16.1 Å². The molecule has 0 aliphatic heterocycles. The van der Waals surface area contributed by atoms with E-state index in [1.165, 1.54) is 12.3 Å². The van der Waals surface area contributed by atoms with Crippen molar-refractivity contribution in [1.29, 1.82) is 0 Å². The largest absolute Gasteiger partial charge is 0.478 e. The normalized spacial score (nSPS) is 10.1. The predicted molar refractivity (Wildman–Crippen MR) is 70.7 cm³/mol. The van der Waals surface area contributed by atoms with Gasteiger partial charge in [0.25, 0.3) is 0 Å².